The van der Waals surface area contributed by atoms with Crippen molar-refractivity contribution in [2.45, 2.75) is 20.0 Å². The second-order valence-electron chi connectivity index (χ2n) is 5.34. The van der Waals surface area contributed by atoms with Crippen LogP contribution in [0.4, 0.5) is 5.69 Å². The fraction of sp³-hybridized carbons (Fsp3) is 0.176. The summed E-state index contributed by atoms with van der Waals surface area (Å²) >= 11 is 23.1. The van der Waals surface area contributed by atoms with Crippen molar-refractivity contribution in [1.29, 1.82) is 0 Å². The molecule has 8 heteroatoms. The lowest BCUT2D eigenvalue weighted by molar-refractivity contribution is 0.0977. The first-order chi connectivity index (χ1) is 11.8. The number of hydrogen-bond acceptors (Lipinski definition) is 3. The Morgan fingerprint density at radius 2 is 1.64 bits per heavy atom. The number of anilines is 1. The number of hydrogen-bond donors (Lipinski definition) is 2. The van der Waals surface area contributed by atoms with Gasteiger partial charge in [-0.25, -0.2) is 0 Å². The Balaban J connectivity index is 2.02. The lowest BCUT2D eigenvalue weighted by Crippen LogP contribution is -2.34. The minimum atomic E-state index is -0.366. The van der Waals surface area contributed by atoms with Gasteiger partial charge in [-0.2, -0.15) is 0 Å². The zero-order valence-corrected chi connectivity index (χ0v) is 16.5. The SMILES string of the molecule is CC(C)Oc1ccc(C(=O)NC(=S)Nc2c(Cl)cc(Cl)cc2Cl)cc1. The predicted octanol–water partition coefficient (Wildman–Crippen LogP) is 5.56. The average molecular weight is 418 g/mol. The number of carbonyl (C=O) groups is 1. The van der Waals surface area contributed by atoms with Gasteiger partial charge in [-0.1, -0.05) is 34.8 Å². The monoisotopic (exact) mass is 416 g/mol. The Hall–Kier alpha value is -1.53. The van der Waals surface area contributed by atoms with Crippen LogP contribution in [0.2, 0.25) is 15.1 Å². The van der Waals surface area contributed by atoms with Crippen molar-refractivity contribution in [2.75, 3.05) is 5.32 Å². The van der Waals surface area contributed by atoms with Crippen LogP contribution in [-0.2, 0) is 0 Å². The molecule has 0 fully saturated rings. The van der Waals surface area contributed by atoms with Crippen molar-refractivity contribution in [1.82, 2.24) is 5.32 Å². The molecule has 2 rings (SSSR count). The number of ether oxygens (including phenoxy) is 1. The maximum Gasteiger partial charge on any atom is 0.257 e. The van der Waals surface area contributed by atoms with E-state index in [-0.39, 0.29) is 17.1 Å². The average Bonchev–Trinajstić information content (AvgIpc) is 2.51. The summed E-state index contributed by atoms with van der Waals surface area (Å²) in [6, 6.07) is 9.79. The summed E-state index contributed by atoms with van der Waals surface area (Å²) in [7, 11) is 0. The van der Waals surface area contributed by atoms with Gasteiger partial charge in [0.15, 0.2) is 5.11 Å². The number of thiocarbonyl (C=S) groups is 1. The van der Waals surface area contributed by atoms with Crippen LogP contribution in [0.1, 0.15) is 24.2 Å². The number of nitrogens with one attached hydrogen (secondary N) is 2. The van der Waals surface area contributed by atoms with Crippen LogP contribution in [0.3, 0.4) is 0 Å². The third-order valence-electron chi connectivity index (χ3n) is 2.96. The van der Waals surface area contributed by atoms with E-state index in [1.807, 2.05) is 13.8 Å². The molecule has 2 N–H and O–H groups in total. The van der Waals surface area contributed by atoms with Gasteiger partial charge in [-0.15, -0.1) is 0 Å². The van der Waals surface area contributed by atoms with E-state index >= 15 is 0 Å². The molecule has 0 bridgehead atoms. The van der Waals surface area contributed by atoms with Crippen molar-refractivity contribution < 1.29 is 9.53 Å². The van der Waals surface area contributed by atoms with Crippen molar-refractivity contribution >= 4 is 63.7 Å². The summed E-state index contributed by atoms with van der Waals surface area (Å²) in [6.45, 7) is 3.86. The fourth-order valence-corrected chi connectivity index (χ4v) is 3.04. The zero-order valence-electron chi connectivity index (χ0n) is 13.4. The number of carbonyl (C=O) groups excluding carboxylic acids is 1. The van der Waals surface area contributed by atoms with E-state index < -0.39 is 0 Å². The van der Waals surface area contributed by atoms with E-state index in [2.05, 4.69) is 10.6 Å². The van der Waals surface area contributed by atoms with Gasteiger partial charge in [0.05, 0.1) is 21.8 Å². The number of halogens is 3. The number of rotatable bonds is 4. The van der Waals surface area contributed by atoms with Gasteiger partial charge in [0.1, 0.15) is 5.75 Å². The maximum atomic E-state index is 12.2. The summed E-state index contributed by atoms with van der Waals surface area (Å²) < 4.78 is 5.54. The fourth-order valence-electron chi connectivity index (χ4n) is 1.94. The van der Waals surface area contributed by atoms with Crippen molar-refractivity contribution in [2.24, 2.45) is 0 Å². The molecule has 1 amide bonds. The van der Waals surface area contributed by atoms with Gasteiger partial charge in [0, 0.05) is 10.6 Å². The standard InChI is InChI=1S/C17H15Cl3N2O2S/c1-9(2)24-12-5-3-10(4-6-12)16(23)22-17(25)21-15-13(19)7-11(18)8-14(15)20/h3-9H,1-2H3,(H2,21,22,23,25). The molecule has 2 aromatic carbocycles. The van der Waals surface area contributed by atoms with Gasteiger partial charge in [-0.05, 0) is 62.5 Å². The van der Waals surface area contributed by atoms with Gasteiger partial charge in [0.2, 0.25) is 0 Å². The molecule has 25 heavy (non-hydrogen) atoms. The van der Waals surface area contributed by atoms with Crippen molar-refractivity contribution in [3.8, 4) is 5.75 Å². The highest BCUT2D eigenvalue weighted by Gasteiger charge is 2.12. The highest BCUT2D eigenvalue weighted by molar-refractivity contribution is 7.80. The summed E-state index contributed by atoms with van der Waals surface area (Å²) in [5.41, 5.74) is 0.812. The van der Waals surface area contributed by atoms with Crippen LogP contribution in [0.5, 0.6) is 5.75 Å². The molecule has 0 heterocycles. The van der Waals surface area contributed by atoms with Crippen LogP contribution in [0.25, 0.3) is 0 Å². The molecule has 0 saturated carbocycles. The van der Waals surface area contributed by atoms with E-state index in [9.17, 15) is 4.79 Å². The van der Waals surface area contributed by atoms with Crippen molar-refractivity contribution in [3.05, 3.63) is 57.0 Å². The second-order valence-corrected chi connectivity index (χ2v) is 7.00. The number of amides is 1. The van der Waals surface area contributed by atoms with Crippen LogP contribution in [0.15, 0.2) is 36.4 Å². The van der Waals surface area contributed by atoms with E-state index in [1.54, 1.807) is 24.3 Å². The molecule has 0 aliphatic heterocycles. The van der Waals surface area contributed by atoms with Crippen LogP contribution >= 0.6 is 47.0 Å². The number of benzene rings is 2. The van der Waals surface area contributed by atoms with E-state index in [4.69, 9.17) is 51.8 Å². The molecule has 4 nitrogen and oxygen atoms in total. The Morgan fingerprint density at radius 3 is 2.16 bits per heavy atom. The van der Waals surface area contributed by atoms with Crippen LogP contribution < -0.4 is 15.4 Å². The molecular formula is C17H15Cl3N2O2S. The molecule has 0 atom stereocenters. The maximum absolute atomic E-state index is 12.2. The van der Waals surface area contributed by atoms with E-state index in [1.165, 1.54) is 12.1 Å². The van der Waals surface area contributed by atoms with Crippen LogP contribution in [-0.4, -0.2) is 17.1 Å². The molecule has 2 aromatic rings. The predicted molar refractivity (Wildman–Crippen MR) is 107 cm³/mol. The van der Waals surface area contributed by atoms with Gasteiger partial charge >= 0.3 is 0 Å². The minimum absolute atomic E-state index is 0.0605. The zero-order chi connectivity index (χ0) is 18.6. The highest BCUT2D eigenvalue weighted by atomic mass is 35.5. The second kappa shape index (κ2) is 8.72. The molecule has 0 spiro atoms. The Bertz CT molecular complexity index is 772. The molecule has 0 radical (unpaired) electrons. The first-order valence-corrected chi connectivity index (χ1v) is 8.84. The van der Waals surface area contributed by atoms with E-state index in [0.29, 0.717) is 32.1 Å². The van der Waals surface area contributed by atoms with Gasteiger partial charge in [-0.3, -0.25) is 10.1 Å². The van der Waals surface area contributed by atoms with Crippen molar-refractivity contribution in [3.63, 3.8) is 0 Å². The molecule has 132 valence electrons. The van der Waals surface area contributed by atoms with E-state index in [0.717, 1.165) is 0 Å². The topological polar surface area (TPSA) is 50.4 Å². The summed E-state index contributed by atoms with van der Waals surface area (Å²) in [4.78, 5) is 12.2. The largest absolute Gasteiger partial charge is 0.491 e. The lowest BCUT2D eigenvalue weighted by Gasteiger charge is -2.13. The van der Waals surface area contributed by atoms with Crippen LogP contribution in [0, 0.1) is 0 Å². The van der Waals surface area contributed by atoms with Gasteiger partial charge in [0.25, 0.3) is 5.91 Å². The molecule has 0 aromatic heterocycles. The molecular weight excluding hydrogens is 403 g/mol. The Kier molecular flexibility index (Phi) is 6.90. The highest BCUT2D eigenvalue weighted by Crippen LogP contribution is 2.33. The minimum Gasteiger partial charge on any atom is -0.491 e. The first-order valence-electron chi connectivity index (χ1n) is 7.30. The molecule has 0 aliphatic rings. The Morgan fingerprint density at radius 1 is 1.08 bits per heavy atom. The first kappa shape index (κ1) is 19.8. The third kappa shape index (κ3) is 5.75. The summed E-state index contributed by atoms with van der Waals surface area (Å²) in [5, 5.41) is 6.42. The van der Waals surface area contributed by atoms with Gasteiger partial charge < -0.3 is 10.1 Å². The molecule has 0 unspecified atom stereocenters. The molecule has 0 saturated heterocycles. The summed E-state index contributed by atoms with van der Waals surface area (Å²) in [5.74, 6) is 0.321. The third-order valence-corrected chi connectivity index (χ3v) is 3.98. The quantitative estimate of drug-likeness (QED) is 0.639. The normalized spacial score (nSPS) is 10.5. The Labute approximate surface area is 166 Å². The smallest absolute Gasteiger partial charge is 0.257 e. The lowest BCUT2D eigenvalue weighted by atomic mass is 10.2. The molecule has 0 aliphatic carbocycles. The summed E-state index contributed by atoms with van der Waals surface area (Å²) in [6.07, 6.45) is 0.0605.